The summed E-state index contributed by atoms with van der Waals surface area (Å²) in [5, 5.41) is 8.70. The van der Waals surface area contributed by atoms with Gasteiger partial charge in [0.1, 0.15) is 5.82 Å². The molecule has 0 fully saturated rings. The Bertz CT molecular complexity index is 705. The third-order valence-electron chi connectivity index (χ3n) is 2.17. The van der Waals surface area contributed by atoms with Gasteiger partial charge in [-0.15, -0.1) is 5.10 Å². The molecule has 0 aromatic carbocycles. The van der Waals surface area contributed by atoms with Crippen molar-refractivity contribution in [1.82, 2.24) is 20.2 Å². The molecule has 0 saturated heterocycles. The van der Waals surface area contributed by atoms with Crippen LogP contribution in [0.15, 0.2) is 23.4 Å². The number of aromatic amines is 1. The molecule has 2 N–H and O–H groups in total. The molecule has 0 aliphatic rings. The van der Waals surface area contributed by atoms with Gasteiger partial charge >= 0.3 is 0 Å². The topological polar surface area (TPSA) is 118 Å². The molecule has 0 radical (unpaired) electrons. The van der Waals surface area contributed by atoms with E-state index in [-0.39, 0.29) is 10.9 Å². The van der Waals surface area contributed by atoms with Gasteiger partial charge < -0.3 is 5.32 Å². The average Bonchev–Trinajstić information content (AvgIpc) is 2.75. The van der Waals surface area contributed by atoms with Crippen LogP contribution in [0.2, 0.25) is 0 Å². The Labute approximate surface area is 109 Å². The van der Waals surface area contributed by atoms with Gasteiger partial charge in [0.05, 0.1) is 11.9 Å². The molecule has 0 bridgehead atoms. The van der Waals surface area contributed by atoms with Crippen LogP contribution in [0, 0.1) is 6.92 Å². The lowest BCUT2D eigenvalue weighted by Gasteiger charge is -2.02. The first kappa shape index (κ1) is 13.1. The largest absolute Gasteiger partial charge is 0.318 e. The summed E-state index contributed by atoms with van der Waals surface area (Å²) in [5.74, 6) is 0.0265. The quantitative estimate of drug-likeness (QED) is 0.827. The number of sulfone groups is 1. The number of carbonyl (C=O) groups is 1. The summed E-state index contributed by atoms with van der Waals surface area (Å²) < 4.78 is 22.4. The van der Waals surface area contributed by atoms with Crippen LogP contribution in [0.5, 0.6) is 0 Å². The number of rotatable bonds is 3. The van der Waals surface area contributed by atoms with E-state index in [1.807, 2.05) is 0 Å². The van der Waals surface area contributed by atoms with E-state index in [9.17, 15) is 13.2 Å². The molecule has 100 valence electrons. The van der Waals surface area contributed by atoms with E-state index in [0.717, 1.165) is 6.26 Å². The number of hydrogen-bond donors (Lipinski definition) is 2. The van der Waals surface area contributed by atoms with Gasteiger partial charge in [-0.2, -0.15) is 0 Å². The zero-order valence-corrected chi connectivity index (χ0v) is 11.0. The first-order valence-electron chi connectivity index (χ1n) is 5.23. The number of aryl methyl sites for hydroxylation is 1. The molecule has 8 nitrogen and oxygen atoms in total. The van der Waals surface area contributed by atoms with E-state index in [4.69, 9.17) is 0 Å². The Kier molecular flexibility index (Phi) is 3.30. The number of amides is 1. The Morgan fingerprint density at radius 1 is 1.37 bits per heavy atom. The van der Waals surface area contributed by atoms with Gasteiger partial charge in [0, 0.05) is 6.26 Å². The van der Waals surface area contributed by atoms with Crippen LogP contribution in [-0.4, -0.2) is 40.7 Å². The van der Waals surface area contributed by atoms with E-state index in [1.165, 1.54) is 18.3 Å². The van der Waals surface area contributed by atoms with E-state index >= 15 is 0 Å². The average molecular weight is 281 g/mol. The van der Waals surface area contributed by atoms with Crippen LogP contribution in [0.25, 0.3) is 0 Å². The summed E-state index contributed by atoms with van der Waals surface area (Å²) in [6.45, 7) is 1.67. The van der Waals surface area contributed by atoms with Gasteiger partial charge in [0.25, 0.3) is 5.91 Å². The fourth-order valence-electron chi connectivity index (χ4n) is 1.30. The lowest BCUT2D eigenvalue weighted by Crippen LogP contribution is -2.14. The number of H-pyrrole nitrogens is 1. The summed E-state index contributed by atoms with van der Waals surface area (Å²) in [6, 6.07) is 2.76. The minimum atomic E-state index is -3.35. The molecule has 2 aromatic rings. The minimum Gasteiger partial charge on any atom is -0.318 e. The number of carbonyl (C=O) groups excluding carboxylic acids is 1. The van der Waals surface area contributed by atoms with Crippen molar-refractivity contribution in [1.29, 1.82) is 0 Å². The molecule has 0 unspecified atom stereocenters. The van der Waals surface area contributed by atoms with Crippen molar-refractivity contribution in [2.45, 2.75) is 11.9 Å². The number of aromatic nitrogens is 4. The van der Waals surface area contributed by atoms with Crippen molar-refractivity contribution in [3.8, 4) is 0 Å². The van der Waals surface area contributed by atoms with Gasteiger partial charge in [-0.1, -0.05) is 0 Å². The predicted octanol–water partition coefficient (Wildman–Crippen LogP) is 0.164. The summed E-state index contributed by atoms with van der Waals surface area (Å²) in [7, 11) is -3.35. The fourth-order valence-corrected chi connectivity index (χ4v) is 1.86. The summed E-state index contributed by atoms with van der Waals surface area (Å²) in [5.41, 5.74) is 0.361. The predicted molar refractivity (Wildman–Crippen MR) is 66.4 cm³/mol. The molecule has 2 heterocycles. The Morgan fingerprint density at radius 3 is 2.58 bits per heavy atom. The van der Waals surface area contributed by atoms with Gasteiger partial charge in [0.2, 0.25) is 5.82 Å². The highest BCUT2D eigenvalue weighted by Crippen LogP contribution is 2.10. The second kappa shape index (κ2) is 4.76. The molecule has 2 rings (SSSR count). The molecular weight excluding hydrogens is 270 g/mol. The van der Waals surface area contributed by atoms with E-state index < -0.39 is 15.7 Å². The molecule has 0 saturated carbocycles. The maximum Gasteiger partial charge on any atom is 0.295 e. The van der Waals surface area contributed by atoms with Crippen LogP contribution >= 0.6 is 0 Å². The lowest BCUT2D eigenvalue weighted by molar-refractivity contribution is 0.101. The Morgan fingerprint density at radius 2 is 2.11 bits per heavy atom. The first-order valence-corrected chi connectivity index (χ1v) is 7.12. The number of pyridine rings is 1. The Balaban J connectivity index is 2.14. The third kappa shape index (κ3) is 3.13. The highest BCUT2D eigenvalue weighted by atomic mass is 32.2. The SMILES string of the molecule is Cc1nc(C(=O)Nc2ccc(S(C)(=O)=O)nc2)n[nH]1. The smallest absolute Gasteiger partial charge is 0.295 e. The van der Waals surface area contributed by atoms with Crippen molar-refractivity contribution in [2.75, 3.05) is 11.6 Å². The van der Waals surface area contributed by atoms with Crippen LogP contribution in [0.3, 0.4) is 0 Å². The number of nitrogens with zero attached hydrogens (tertiary/aromatic N) is 3. The van der Waals surface area contributed by atoms with Crippen molar-refractivity contribution in [2.24, 2.45) is 0 Å². The molecular formula is C10H11N5O3S. The van der Waals surface area contributed by atoms with Crippen molar-refractivity contribution >= 4 is 21.4 Å². The number of hydrogen-bond acceptors (Lipinski definition) is 6. The van der Waals surface area contributed by atoms with E-state index in [1.54, 1.807) is 6.92 Å². The molecule has 0 atom stereocenters. The Hall–Kier alpha value is -2.29. The van der Waals surface area contributed by atoms with Gasteiger partial charge in [-0.3, -0.25) is 9.89 Å². The lowest BCUT2D eigenvalue weighted by atomic mass is 10.4. The van der Waals surface area contributed by atoms with E-state index in [2.05, 4.69) is 25.5 Å². The zero-order valence-electron chi connectivity index (χ0n) is 10.2. The van der Waals surface area contributed by atoms with Crippen molar-refractivity contribution < 1.29 is 13.2 Å². The molecule has 0 spiro atoms. The van der Waals surface area contributed by atoms with Crippen LogP contribution < -0.4 is 5.32 Å². The summed E-state index contributed by atoms with van der Waals surface area (Å²) in [4.78, 5) is 19.3. The van der Waals surface area contributed by atoms with Crippen molar-refractivity contribution in [3.05, 3.63) is 30.0 Å². The second-order valence-corrected chi connectivity index (χ2v) is 5.82. The molecule has 1 amide bonds. The maximum absolute atomic E-state index is 11.7. The summed E-state index contributed by atoms with van der Waals surface area (Å²) in [6.07, 6.45) is 2.32. The molecule has 19 heavy (non-hydrogen) atoms. The second-order valence-electron chi connectivity index (χ2n) is 3.86. The highest BCUT2D eigenvalue weighted by Gasteiger charge is 2.13. The van der Waals surface area contributed by atoms with Crippen LogP contribution in [-0.2, 0) is 9.84 Å². The number of nitrogens with one attached hydrogen (secondary N) is 2. The minimum absolute atomic E-state index is 0.00434. The van der Waals surface area contributed by atoms with E-state index in [0.29, 0.717) is 11.5 Å². The monoisotopic (exact) mass is 281 g/mol. The number of anilines is 1. The van der Waals surface area contributed by atoms with Crippen LogP contribution in [0.4, 0.5) is 5.69 Å². The van der Waals surface area contributed by atoms with Gasteiger partial charge in [0.15, 0.2) is 14.9 Å². The van der Waals surface area contributed by atoms with Crippen molar-refractivity contribution in [3.63, 3.8) is 0 Å². The normalized spacial score (nSPS) is 11.3. The van der Waals surface area contributed by atoms with Gasteiger partial charge in [-0.05, 0) is 19.1 Å². The molecule has 2 aromatic heterocycles. The standard InChI is InChI=1S/C10H11N5O3S/c1-6-12-9(15-14-6)10(16)13-7-3-4-8(11-5-7)19(2,17)18/h3-5H,1-2H3,(H,13,16)(H,12,14,15). The first-order chi connectivity index (χ1) is 8.86. The maximum atomic E-state index is 11.7. The highest BCUT2D eigenvalue weighted by molar-refractivity contribution is 7.90. The molecule has 0 aliphatic carbocycles. The third-order valence-corrected chi connectivity index (χ3v) is 3.18. The zero-order chi connectivity index (χ0) is 14.0. The van der Waals surface area contributed by atoms with Crippen LogP contribution in [0.1, 0.15) is 16.4 Å². The van der Waals surface area contributed by atoms with Gasteiger partial charge in [-0.25, -0.2) is 18.4 Å². The molecule has 0 aliphatic heterocycles. The fraction of sp³-hybridized carbons (Fsp3) is 0.200. The summed E-state index contributed by atoms with van der Waals surface area (Å²) >= 11 is 0. The molecule has 9 heteroatoms.